The standard InChI is InChI=1S/C13H19N3O3/c1-2-3-4-7-14-13-10-11(16(18)19)5-6-12(13)15-8-9-17/h2,5-6,10,14-15,17H,1,3-4,7-9H2. The summed E-state index contributed by atoms with van der Waals surface area (Å²) in [6.45, 7) is 4.76. The lowest BCUT2D eigenvalue weighted by atomic mass is 10.2. The number of allylic oxidation sites excluding steroid dienone is 1. The molecule has 0 bridgehead atoms. The maximum absolute atomic E-state index is 10.8. The molecule has 1 aromatic carbocycles. The van der Waals surface area contributed by atoms with Gasteiger partial charge in [-0.3, -0.25) is 10.1 Å². The van der Waals surface area contributed by atoms with Gasteiger partial charge in [0.2, 0.25) is 0 Å². The number of nitrogens with one attached hydrogen (secondary N) is 2. The highest BCUT2D eigenvalue weighted by Gasteiger charge is 2.10. The van der Waals surface area contributed by atoms with Crippen LogP contribution in [0.3, 0.4) is 0 Å². The molecule has 0 aliphatic heterocycles. The van der Waals surface area contributed by atoms with Crippen molar-refractivity contribution < 1.29 is 10.0 Å². The van der Waals surface area contributed by atoms with Crippen molar-refractivity contribution in [2.75, 3.05) is 30.3 Å². The molecule has 1 aromatic rings. The molecular weight excluding hydrogens is 246 g/mol. The summed E-state index contributed by atoms with van der Waals surface area (Å²) in [5.41, 5.74) is 1.46. The molecule has 0 amide bonds. The van der Waals surface area contributed by atoms with Gasteiger partial charge in [0.1, 0.15) is 0 Å². The average Bonchev–Trinajstić information content (AvgIpc) is 2.41. The van der Waals surface area contributed by atoms with Crippen molar-refractivity contribution in [3.8, 4) is 0 Å². The molecule has 0 atom stereocenters. The Labute approximate surface area is 112 Å². The molecule has 6 heteroatoms. The topological polar surface area (TPSA) is 87.4 Å². The smallest absolute Gasteiger partial charge is 0.271 e. The largest absolute Gasteiger partial charge is 0.395 e. The quantitative estimate of drug-likeness (QED) is 0.276. The van der Waals surface area contributed by atoms with Crippen LogP contribution in [0.4, 0.5) is 17.1 Å². The molecule has 0 unspecified atom stereocenters. The summed E-state index contributed by atoms with van der Waals surface area (Å²) >= 11 is 0. The van der Waals surface area contributed by atoms with E-state index in [2.05, 4.69) is 17.2 Å². The van der Waals surface area contributed by atoms with Crippen molar-refractivity contribution in [3.63, 3.8) is 0 Å². The highest BCUT2D eigenvalue weighted by atomic mass is 16.6. The van der Waals surface area contributed by atoms with Gasteiger partial charge in [0.25, 0.3) is 5.69 Å². The van der Waals surface area contributed by atoms with Crippen LogP contribution in [0.2, 0.25) is 0 Å². The number of unbranched alkanes of at least 4 members (excludes halogenated alkanes) is 1. The van der Waals surface area contributed by atoms with Gasteiger partial charge >= 0.3 is 0 Å². The van der Waals surface area contributed by atoms with Crippen molar-refractivity contribution in [3.05, 3.63) is 41.0 Å². The summed E-state index contributed by atoms with van der Waals surface area (Å²) in [5, 5.41) is 25.7. The minimum Gasteiger partial charge on any atom is -0.395 e. The summed E-state index contributed by atoms with van der Waals surface area (Å²) in [6, 6.07) is 4.58. The number of nitrogens with zero attached hydrogens (tertiary/aromatic N) is 1. The number of rotatable bonds is 9. The van der Waals surface area contributed by atoms with E-state index < -0.39 is 4.92 Å². The third-order valence-electron chi connectivity index (χ3n) is 2.54. The second-order valence-electron chi connectivity index (χ2n) is 4.00. The van der Waals surface area contributed by atoms with E-state index in [0.717, 1.165) is 18.5 Å². The Morgan fingerprint density at radius 1 is 1.32 bits per heavy atom. The number of benzene rings is 1. The van der Waals surface area contributed by atoms with Crippen molar-refractivity contribution >= 4 is 17.1 Å². The van der Waals surface area contributed by atoms with Gasteiger partial charge in [-0.05, 0) is 18.9 Å². The maximum atomic E-state index is 10.8. The molecule has 3 N–H and O–H groups in total. The molecule has 0 aromatic heterocycles. The SMILES string of the molecule is C=CCCCNc1cc([N+](=O)[O-])ccc1NCCO. The van der Waals surface area contributed by atoms with E-state index in [1.165, 1.54) is 12.1 Å². The second kappa shape index (κ2) is 8.10. The number of anilines is 2. The van der Waals surface area contributed by atoms with Gasteiger partial charge in [-0.25, -0.2) is 0 Å². The van der Waals surface area contributed by atoms with Crippen LogP contribution in [0, 0.1) is 10.1 Å². The van der Waals surface area contributed by atoms with E-state index in [0.29, 0.717) is 18.8 Å². The van der Waals surface area contributed by atoms with Gasteiger partial charge in [0, 0.05) is 25.2 Å². The molecule has 0 aliphatic rings. The molecule has 0 spiro atoms. The first-order valence-electron chi connectivity index (χ1n) is 6.17. The number of non-ortho nitro benzene ring substituents is 1. The molecule has 104 valence electrons. The summed E-state index contributed by atoms with van der Waals surface area (Å²) in [6.07, 6.45) is 3.63. The van der Waals surface area contributed by atoms with E-state index in [4.69, 9.17) is 5.11 Å². The molecular formula is C13H19N3O3. The third-order valence-corrected chi connectivity index (χ3v) is 2.54. The van der Waals surface area contributed by atoms with Gasteiger partial charge in [-0.15, -0.1) is 6.58 Å². The average molecular weight is 265 g/mol. The van der Waals surface area contributed by atoms with Gasteiger partial charge < -0.3 is 15.7 Å². The Kier molecular flexibility index (Phi) is 6.38. The van der Waals surface area contributed by atoms with E-state index in [1.54, 1.807) is 6.07 Å². The zero-order valence-electron chi connectivity index (χ0n) is 10.8. The van der Waals surface area contributed by atoms with Gasteiger partial charge in [0.05, 0.1) is 22.9 Å². The Bertz CT molecular complexity index is 435. The number of hydrogen-bond donors (Lipinski definition) is 3. The van der Waals surface area contributed by atoms with Crippen LogP contribution in [0.1, 0.15) is 12.8 Å². The minimum absolute atomic E-state index is 0.00684. The first kappa shape index (κ1) is 15.0. The number of hydrogen-bond acceptors (Lipinski definition) is 5. The maximum Gasteiger partial charge on any atom is 0.271 e. The summed E-state index contributed by atoms with van der Waals surface area (Å²) < 4.78 is 0. The van der Waals surface area contributed by atoms with Crippen molar-refractivity contribution in [2.24, 2.45) is 0 Å². The highest BCUT2D eigenvalue weighted by Crippen LogP contribution is 2.26. The van der Waals surface area contributed by atoms with E-state index in [9.17, 15) is 10.1 Å². The zero-order valence-corrected chi connectivity index (χ0v) is 10.8. The summed E-state index contributed by atoms with van der Waals surface area (Å²) in [4.78, 5) is 10.3. The molecule has 1 rings (SSSR count). The molecule has 0 fully saturated rings. The normalized spacial score (nSPS) is 9.95. The van der Waals surface area contributed by atoms with Crippen LogP contribution in [0.15, 0.2) is 30.9 Å². The Hall–Kier alpha value is -2.08. The van der Waals surface area contributed by atoms with Crippen LogP contribution in [-0.4, -0.2) is 29.7 Å². The van der Waals surface area contributed by atoms with Crippen molar-refractivity contribution in [1.29, 1.82) is 0 Å². The van der Waals surface area contributed by atoms with Gasteiger partial charge in [-0.1, -0.05) is 6.08 Å². The first-order valence-corrected chi connectivity index (χ1v) is 6.17. The molecule has 0 radical (unpaired) electrons. The fraction of sp³-hybridized carbons (Fsp3) is 0.385. The molecule has 6 nitrogen and oxygen atoms in total. The summed E-state index contributed by atoms with van der Waals surface area (Å²) in [7, 11) is 0. The van der Waals surface area contributed by atoms with Crippen molar-refractivity contribution in [2.45, 2.75) is 12.8 Å². The summed E-state index contributed by atoms with van der Waals surface area (Å²) in [5.74, 6) is 0. The molecule has 0 heterocycles. The molecule has 0 saturated carbocycles. The number of nitro benzene ring substituents is 1. The predicted molar refractivity (Wildman–Crippen MR) is 76.6 cm³/mol. The van der Waals surface area contributed by atoms with Crippen LogP contribution in [0.25, 0.3) is 0 Å². The van der Waals surface area contributed by atoms with Crippen LogP contribution in [0.5, 0.6) is 0 Å². The van der Waals surface area contributed by atoms with Crippen LogP contribution in [-0.2, 0) is 0 Å². The Balaban J connectivity index is 2.77. The lowest BCUT2D eigenvalue weighted by Crippen LogP contribution is -2.10. The second-order valence-corrected chi connectivity index (χ2v) is 4.00. The predicted octanol–water partition coefficient (Wildman–Crippen LogP) is 2.38. The minimum atomic E-state index is -0.426. The first-order chi connectivity index (χ1) is 9.19. The fourth-order valence-electron chi connectivity index (χ4n) is 1.61. The molecule has 0 saturated heterocycles. The third kappa shape index (κ3) is 4.97. The van der Waals surface area contributed by atoms with Gasteiger partial charge in [-0.2, -0.15) is 0 Å². The van der Waals surface area contributed by atoms with Gasteiger partial charge in [0.15, 0.2) is 0 Å². The van der Waals surface area contributed by atoms with E-state index in [-0.39, 0.29) is 12.3 Å². The fourth-order valence-corrected chi connectivity index (χ4v) is 1.61. The van der Waals surface area contributed by atoms with E-state index >= 15 is 0 Å². The zero-order chi connectivity index (χ0) is 14.1. The number of nitro groups is 1. The number of aliphatic hydroxyl groups excluding tert-OH is 1. The molecule has 19 heavy (non-hydrogen) atoms. The van der Waals surface area contributed by atoms with Crippen molar-refractivity contribution in [1.82, 2.24) is 0 Å². The lowest BCUT2D eigenvalue weighted by Gasteiger charge is -2.13. The Morgan fingerprint density at radius 2 is 2.05 bits per heavy atom. The van der Waals surface area contributed by atoms with Crippen LogP contribution >= 0.6 is 0 Å². The van der Waals surface area contributed by atoms with Crippen LogP contribution < -0.4 is 10.6 Å². The van der Waals surface area contributed by atoms with E-state index in [1.807, 2.05) is 6.08 Å². The highest BCUT2D eigenvalue weighted by molar-refractivity contribution is 5.71. The Morgan fingerprint density at radius 3 is 2.68 bits per heavy atom. The number of aliphatic hydroxyl groups is 1. The lowest BCUT2D eigenvalue weighted by molar-refractivity contribution is -0.384. The molecule has 0 aliphatic carbocycles. The monoisotopic (exact) mass is 265 g/mol.